The molecule has 0 aliphatic rings. The third kappa shape index (κ3) is 8.19. The van der Waals surface area contributed by atoms with Gasteiger partial charge in [0.2, 0.25) is 11.8 Å². The molecule has 11 heteroatoms. The van der Waals surface area contributed by atoms with Crippen LogP contribution >= 0.6 is 34.8 Å². The number of hydrogen-bond donors (Lipinski definition) is 1. The topological polar surface area (TPSA) is 86.8 Å². The van der Waals surface area contributed by atoms with Gasteiger partial charge in [-0.1, -0.05) is 78.8 Å². The quantitative estimate of drug-likeness (QED) is 0.198. The lowest BCUT2D eigenvalue weighted by Gasteiger charge is -2.34. The van der Waals surface area contributed by atoms with E-state index in [2.05, 4.69) is 5.32 Å². The number of nitrogens with one attached hydrogen (secondary N) is 1. The Kier molecular flexibility index (Phi) is 12.1. The van der Waals surface area contributed by atoms with Crippen LogP contribution in [0.15, 0.2) is 65.6 Å². The Morgan fingerprint density at radius 3 is 2.14 bits per heavy atom. The molecule has 3 aromatic carbocycles. The molecule has 1 unspecified atom stereocenters. The van der Waals surface area contributed by atoms with Crippen LogP contribution in [0.3, 0.4) is 0 Å². The molecule has 7 nitrogen and oxygen atoms in total. The number of amides is 2. The van der Waals surface area contributed by atoms with E-state index < -0.39 is 28.5 Å². The molecule has 3 rings (SSSR count). The SMILES string of the molecule is CCCCNC(=O)C(CC)N(Cc1c(Cl)cccc1Cl)C(=O)CN(c1ccc(Cl)cc1C)S(=O)(=O)c1ccc(C)cc1. The highest BCUT2D eigenvalue weighted by atomic mass is 35.5. The van der Waals surface area contributed by atoms with Gasteiger partial charge in [-0.2, -0.15) is 0 Å². The molecule has 0 fully saturated rings. The molecule has 226 valence electrons. The Labute approximate surface area is 263 Å². The molecule has 0 aromatic heterocycles. The number of nitrogens with zero attached hydrogens (tertiary/aromatic N) is 2. The third-order valence-electron chi connectivity index (χ3n) is 6.92. The Balaban J connectivity index is 2.11. The van der Waals surface area contributed by atoms with Gasteiger partial charge in [0.1, 0.15) is 12.6 Å². The maximum absolute atomic E-state index is 14.2. The van der Waals surface area contributed by atoms with E-state index in [0.29, 0.717) is 38.4 Å². The molecule has 1 N–H and O–H groups in total. The highest BCUT2D eigenvalue weighted by Gasteiger charge is 2.34. The number of anilines is 1. The summed E-state index contributed by atoms with van der Waals surface area (Å²) in [5, 5.41) is 4.00. The zero-order valence-corrected chi connectivity index (χ0v) is 27.2. The number of unbranched alkanes of at least 4 members (excludes halogenated alkanes) is 1. The van der Waals surface area contributed by atoms with Gasteiger partial charge in [0.05, 0.1) is 10.6 Å². The molecular weight excluding hydrogens is 617 g/mol. The average molecular weight is 653 g/mol. The van der Waals surface area contributed by atoms with Gasteiger partial charge < -0.3 is 10.2 Å². The highest BCUT2D eigenvalue weighted by Crippen LogP contribution is 2.31. The molecule has 0 saturated carbocycles. The minimum atomic E-state index is -4.20. The van der Waals surface area contributed by atoms with Crippen LogP contribution in [0.2, 0.25) is 15.1 Å². The van der Waals surface area contributed by atoms with Gasteiger partial charge in [-0.25, -0.2) is 8.42 Å². The molecule has 0 radical (unpaired) electrons. The lowest BCUT2D eigenvalue weighted by atomic mass is 10.1. The molecule has 0 bridgehead atoms. The number of aryl methyl sites for hydroxylation is 2. The van der Waals surface area contributed by atoms with Crippen LogP contribution in [0.4, 0.5) is 5.69 Å². The van der Waals surface area contributed by atoms with Crippen molar-refractivity contribution in [1.82, 2.24) is 10.2 Å². The molecule has 3 aromatic rings. The van der Waals surface area contributed by atoms with Crippen LogP contribution in [0.25, 0.3) is 0 Å². The summed E-state index contributed by atoms with van der Waals surface area (Å²) in [6, 6.07) is 15.3. The van der Waals surface area contributed by atoms with Crippen molar-refractivity contribution in [2.45, 2.75) is 64.4 Å². The fourth-order valence-corrected chi connectivity index (χ4v) is 6.75. The molecule has 1 atom stereocenters. The van der Waals surface area contributed by atoms with Gasteiger partial charge in [0.25, 0.3) is 10.0 Å². The lowest BCUT2D eigenvalue weighted by molar-refractivity contribution is -0.140. The van der Waals surface area contributed by atoms with Crippen LogP contribution < -0.4 is 9.62 Å². The summed E-state index contributed by atoms with van der Waals surface area (Å²) >= 11 is 19.1. The summed E-state index contributed by atoms with van der Waals surface area (Å²) in [7, 11) is -4.20. The highest BCUT2D eigenvalue weighted by molar-refractivity contribution is 7.92. The van der Waals surface area contributed by atoms with Gasteiger partial charge in [-0.3, -0.25) is 13.9 Å². The number of benzene rings is 3. The number of halogens is 3. The van der Waals surface area contributed by atoms with Crippen molar-refractivity contribution in [2.24, 2.45) is 0 Å². The maximum atomic E-state index is 14.2. The summed E-state index contributed by atoms with van der Waals surface area (Å²) in [5.74, 6) is -0.924. The first-order chi connectivity index (χ1) is 19.9. The Morgan fingerprint density at radius 1 is 0.929 bits per heavy atom. The van der Waals surface area contributed by atoms with Crippen LogP contribution in [0.1, 0.15) is 49.8 Å². The number of carbonyl (C=O) groups excluding carboxylic acids is 2. The van der Waals surface area contributed by atoms with E-state index in [1.807, 2.05) is 13.8 Å². The van der Waals surface area contributed by atoms with E-state index in [4.69, 9.17) is 34.8 Å². The molecule has 2 amide bonds. The second kappa shape index (κ2) is 15.1. The first kappa shape index (κ1) is 33.7. The molecule has 0 aliphatic heterocycles. The van der Waals surface area contributed by atoms with Crippen LogP contribution in [-0.4, -0.2) is 44.3 Å². The monoisotopic (exact) mass is 651 g/mol. The second-order valence-electron chi connectivity index (χ2n) is 10.0. The summed E-state index contributed by atoms with van der Waals surface area (Å²) in [6.45, 7) is 7.19. The van der Waals surface area contributed by atoms with Gasteiger partial charge in [0.15, 0.2) is 0 Å². The van der Waals surface area contributed by atoms with Gasteiger partial charge in [-0.05, 0) is 74.7 Å². The zero-order valence-electron chi connectivity index (χ0n) is 24.2. The standard InChI is InChI=1S/C31H36Cl3N3O4S/c1-5-7-17-35-31(39)28(6-2)36(19-25-26(33)9-8-10-27(25)34)30(38)20-37(29-16-13-23(32)18-22(29)4)42(40,41)24-14-11-21(3)12-15-24/h8-16,18,28H,5-7,17,19-20H2,1-4H3,(H,35,39). The predicted octanol–water partition coefficient (Wildman–Crippen LogP) is 7.18. The van der Waals surface area contributed by atoms with Crippen LogP contribution in [0, 0.1) is 13.8 Å². The number of hydrogen-bond acceptors (Lipinski definition) is 4. The molecule has 42 heavy (non-hydrogen) atoms. The summed E-state index contributed by atoms with van der Waals surface area (Å²) in [5.41, 5.74) is 2.21. The Bertz CT molecular complexity index is 1490. The average Bonchev–Trinajstić information content (AvgIpc) is 2.93. The Hall–Kier alpha value is -2.78. The van der Waals surface area contributed by atoms with Crippen molar-refractivity contribution in [1.29, 1.82) is 0 Å². The number of rotatable bonds is 13. The van der Waals surface area contributed by atoms with Crippen molar-refractivity contribution in [3.8, 4) is 0 Å². The minimum Gasteiger partial charge on any atom is -0.354 e. The third-order valence-corrected chi connectivity index (χ3v) is 9.64. The number of carbonyl (C=O) groups is 2. The van der Waals surface area contributed by atoms with E-state index in [-0.39, 0.29) is 23.8 Å². The van der Waals surface area contributed by atoms with Gasteiger partial charge >= 0.3 is 0 Å². The minimum absolute atomic E-state index is 0.0281. The molecule has 0 saturated heterocycles. The number of sulfonamides is 1. The van der Waals surface area contributed by atoms with E-state index in [1.165, 1.54) is 17.0 Å². The van der Waals surface area contributed by atoms with Crippen molar-refractivity contribution in [3.63, 3.8) is 0 Å². The van der Waals surface area contributed by atoms with Crippen molar-refractivity contribution in [3.05, 3.63) is 92.4 Å². The predicted molar refractivity (Wildman–Crippen MR) is 171 cm³/mol. The summed E-state index contributed by atoms with van der Waals surface area (Å²) < 4.78 is 29.2. The fourth-order valence-electron chi connectivity index (χ4n) is 4.53. The van der Waals surface area contributed by atoms with Crippen LogP contribution in [-0.2, 0) is 26.2 Å². The smallest absolute Gasteiger partial charge is 0.264 e. The first-order valence-corrected chi connectivity index (χ1v) is 16.3. The van der Waals surface area contributed by atoms with Crippen molar-refractivity contribution >= 4 is 62.3 Å². The van der Waals surface area contributed by atoms with Crippen LogP contribution in [0.5, 0.6) is 0 Å². The Morgan fingerprint density at radius 2 is 1.57 bits per heavy atom. The van der Waals surface area contributed by atoms with E-state index in [1.54, 1.807) is 62.4 Å². The first-order valence-electron chi connectivity index (χ1n) is 13.8. The van der Waals surface area contributed by atoms with Crippen molar-refractivity contribution in [2.75, 3.05) is 17.4 Å². The van der Waals surface area contributed by atoms with Gasteiger partial charge in [0, 0.05) is 33.7 Å². The molecule has 0 spiro atoms. The normalized spacial score (nSPS) is 12.1. The molecule has 0 heterocycles. The second-order valence-corrected chi connectivity index (χ2v) is 13.2. The van der Waals surface area contributed by atoms with E-state index >= 15 is 0 Å². The van der Waals surface area contributed by atoms with Crippen molar-refractivity contribution < 1.29 is 18.0 Å². The van der Waals surface area contributed by atoms with E-state index in [9.17, 15) is 18.0 Å². The zero-order chi connectivity index (χ0) is 31.0. The molecule has 0 aliphatic carbocycles. The summed E-state index contributed by atoms with van der Waals surface area (Å²) in [6.07, 6.45) is 1.96. The summed E-state index contributed by atoms with van der Waals surface area (Å²) in [4.78, 5) is 28.9. The maximum Gasteiger partial charge on any atom is 0.264 e. The fraction of sp³-hybridized carbons (Fsp3) is 0.355. The molecular formula is C31H36Cl3N3O4S. The lowest BCUT2D eigenvalue weighted by Crippen LogP contribution is -2.52. The van der Waals surface area contributed by atoms with Gasteiger partial charge in [-0.15, -0.1) is 0 Å². The van der Waals surface area contributed by atoms with E-state index in [0.717, 1.165) is 22.7 Å². The largest absolute Gasteiger partial charge is 0.354 e.